The molecule has 0 atom stereocenters. The summed E-state index contributed by atoms with van der Waals surface area (Å²) in [7, 11) is 1.62. The highest BCUT2D eigenvalue weighted by Crippen LogP contribution is 2.33. The second kappa shape index (κ2) is 6.05. The summed E-state index contributed by atoms with van der Waals surface area (Å²) in [5.41, 5.74) is 1.82. The van der Waals surface area contributed by atoms with Crippen molar-refractivity contribution in [2.75, 3.05) is 7.11 Å². The van der Waals surface area contributed by atoms with E-state index in [1.54, 1.807) is 7.11 Å². The second-order valence-electron chi connectivity index (χ2n) is 4.78. The molecule has 2 rings (SSSR count). The Kier molecular flexibility index (Phi) is 4.39. The standard InChI is InChI=1S/C15H17NO3S/c1-9(2)14-12(8-13(17)18)20-15(16-14)10-5-4-6-11(7-10)19-3/h4-7,9H,8H2,1-3H3,(H,17,18). The number of hydrogen-bond donors (Lipinski definition) is 1. The number of carbonyl (C=O) groups is 1. The van der Waals surface area contributed by atoms with Crippen LogP contribution < -0.4 is 4.74 Å². The first kappa shape index (κ1) is 14.5. The van der Waals surface area contributed by atoms with Crippen LogP contribution in [0.2, 0.25) is 0 Å². The minimum Gasteiger partial charge on any atom is -0.497 e. The molecule has 1 aromatic carbocycles. The molecule has 5 heteroatoms. The summed E-state index contributed by atoms with van der Waals surface area (Å²) >= 11 is 1.44. The molecule has 1 N–H and O–H groups in total. The van der Waals surface area contributed by atoms with Crippen LogP contribution in [0.3, 0.4) is 0 Å². The Bertz CT molecular complexity index is 619. The van der Waals surface area contributed by atoms with Crippen molar-refractivity contribution in [3.63, 3.8) is 0 Å². The Labute approximate surface area is 122 Å². The molecule has 20 heavy (non-hydrogen) atoms. The van der Waals surface area contributed by atoms with Gasteiger partial charge in [-0.2, -0.15) is 0 Å². The van der Waals surface area contributed by atoms with E-state index in [2.05, 4.69) is 4.98 Å². The van der Waals surface area contributed by atoms with Crippen molar-refractivity contribution in [1.82, 2.24) is 4.98 Å². The third-order valence-electron chi connectivity index (χ3n) is 2.90. The smallest absolute Gasteiger partial charge is 0.308 e. The minimum atomic E-state index is -0.826. The molecule has 0 unspecified atom stereocenters. The van der Waals surface area contributed by atoms with E-state index in [-0.39, 0.29) is 12.3 Å². The lowest BCUT2D eigenvalue weighted by molar-refractivity contribution is -0.136. The fraction of sp³-hybridized carbons (Fsp3) is 0.333. The summed E-state index contributed by atoms with van der Waals surface area (Å²) in [5.74, 6) is 0.149. The molecular formula is C15H17NO3S. The second-order valence-corrected chi connectivity index (χ2v) is 5.87. The lowest BCUT2D eigenvalue weighted by Gasteiger charge is -2.02. The molecule has 0 aliphatic heterocycles. The van der Waals surface area contributed by atoms with Crippen molar-refractivity contribution in [3.05, 3.63) is 34.8 Å². The van der Waals surface area contributed by atoms with Crippen LogP contribution in [0.4, 0.5) is 0 Å². The normalized spacial score (nSPS) is 10.8. The van der Waals surface area contributed by atoms with E-state index < -0.39 is 5.97 Å². The molecule has 0 fully saturated rings. The lowest BCUT2D eigenvalue weighted by Crippen LogP contribution is -2.02. The number of hydrogen-bond acceptors (Lipinski definition) is 4. The van der Waals surface area contributed by atoms with Gasteiger partial charge in [0.05, 0.1) is 19.2 Å². The zero-order chi connectivity index (χ0) is 14.7. The van der Waals surface area contributed by atoms with E-state index in [0.29, 0.717) is 0 Å². The number of methoxy groups -OCH3 is 1. The van der Waals surface area contributed by atoms with Gasteiger partial charge in [0.1, 0.15) is 10.8 Å². The maximum atomic E-state index is 10.9. The predicted molar refractivity (Wildman–Crippen MR) is 79.5 cm³/mol. The fourth-order valence-corrected chi connectivity index (χ4v) is 3.16. The zero-order valence-corrected chi connectivity index (χ0v) is 12.5. The number of aliphatic carboxylic acids is 1. The first-order valence-electron chi connectivity index (χ1n) is 6.37. The summed E-state index contributed by atoms with van der Waals surface area (Å²) in [6, 6.07) is 7.64. The van der Waals surface area contributed by atoms with Gasteiger partial charge in [0, 0.05) is 10.4 Å². The minimum absolute atomic E-state index is 0.0230. The van der Waals surface area contributed by atoms with Crippen LogP contribution in [0.1, 0.15) is 30.3 Å². The molecule has 0 spiro atoms. The first-order valence-corrected chi connectivity index (χ1v) is 7.18. The van der Waals surface area contributed by atoms with Gasteiger partial charge in [-0.15, -0.1) is 11.3 Å². The van der Waals surface area contributed by atoms with Crippen molar-refractivity contribution in [2.45, 2.75) is 26.2 Å². The highest BCUT2D eigenvalue weighted by atomic mass is 32.1. The molecule has 106 valence electrons. The van der Waals surface area contributed by atoms with Crippen molar-refractivity contribution in [3.8, 4) is 16.3 Å². The van der Waals surface area contributed by atoms with Gasteiger partial charge < -0.3 is 9.84 Å². The topological polar surface area (TPSA) is 59.4 Å². The summed E-state index contributed by atoms with van der Waals surface area (Å²) in [4.78, 5) is 16.4. The highest BCUT2D eigenvalue weighted by molar-refractivity contribution is 7.15. The van der Waals surface area contributed by atoms with Gasteiger partial charge in [0.15, 0.2) is 0 Å². The molecule has 0 aliphatic rings. The molecule has 0 saturated carbocycles. The molecule has 0 radical (unpaired) electrons. The number of ether oxygens (including phenoxy) is 1. The third-order valence-corrected chi connectivity index (χ3v) is 4.02. The molecule has 0 saturated heterocycles. The number of carboxylic acid groups (broad SMARTS) is 1. The van der Waals surface area contributed by atoms with Crippen LogP contribution in [0.5, 0.6) is 5.75 Å². The van der Waals surface area contributed by atoms with Crippen molar-refractivity contribution in [2.24, 2.45) is 0 Å². The molecule has 0 aliphatic carbocycles. The molecule has 1 heterocycles. The van der Waals surface area contributed by atoms with Crippen LogP contribution in [0.15, 0.2) is 24.3 Å². The Balaban J connectivity index is 2.43. The predicted octanol–water partition coefficient (Wildman–Crippen LogP) is 3.57. The molecule has 4 nitrogen and oxygen atoms in total. The maximum absolute atomic E-state index is 10.9. The number of rotatable bonds is 5. The zero-order valence-electron chi connectivity index (χ0n) is 11.7. The fourth-order valence-electron chi connectivity index (χ4n) is 1.96. The van der Waals surface area contributed by atoms with Gasteiger partial charge in [0.2, 0.25) is 0 Å². The summed E-state index contributed by atoms with van der Waals surface area (Å²) in [6.07, 6.45) is 0.0230. The summed E-state index contributed by atoms with van der Waals surface area (Å²) in [6.45, 7) is 4.05. The van der Waals surface area contributed by atoms with Crippen molar-refractivity contribution >= 4 is 17.3 Å². The Morgan fingerprint density at radius 3 is 2.80 bits per heavy atom. The number of carboxylic acids is 1. The van der Waals surface area contributed by atoms with Gasteiger partial charge >= 0.3 is 5.97 Å². The van der Waals surface area contributed by atoms with Crippen LogP contribution in [-0.2, 0) is 11.2 Å². The van der Waals surface area contributed by atoms with E-state index in [1.807, 2.05) is 38.1 Å². The first-order chi connectivity index (χ1) is 9.51. The van der Waals surface area contributed by atoms with Crippen LogP contribution >= 0.6 is 11.3 Å². The maximum Gasteiger partial charge on any atom is 0.308 e. The van der Waals surface area contributed by atoms with Gasteiger partial charge in [-0.3, -0.25) is 4.79 Å². The van der Waals surface area contributed by atoms with E-state index >= 15 is 0 Å². The van der Waals surface area contributed by atoms with Crippen LogP contribution in [0.25, 0.3) is 10.6 Å². The highest BCUT2D eigenvalue weighted by Gasteiger charge is 2.17. The van der Waals surface area contributed by atoms with E-state index in [9.17, 15) is 4.79 Å². The molecular weight excluding hydrogens is 274 g/mol. The van der Waals surface area contributed by atoms with E-state index in [1.165, 1.54) is 11.3 Å². The van der Waals surface area contributed by atoms with Crippen LogP contribution in [0, 0.1) is 0 Å². The van der Waals surface area contributed by atoms with E-state index in [4.69, 9.17) is 9.84 Å². The SMILES string of the molecule is COc1cccc(-c2nc(C(C)C)c(CC(=O)O)s2)c1. The van der Waals surface area contributed by atoms with E-state index in [0.717, 1.165) is 26.9 Å². The van der Waals surface area contributed by atoms with Gasteiger partial charge in [-0.1, -0.05) is 26.0 Å². The molecule has 1 aromatic heterocycles. The molecule has 2 aromatic rings. The Hall–Kier alpha value is -1.88. The average Bonchev–Trinajstić information content (AvgIpc) is 2.82. The van der Waals surface area contributed by atoms with Crippen molar-refractivity contribution in [1.29, 1.82) is 0 Å². The number of benzene rings is 1. The lowest BCUT2D eigenvalue weighted by atomic mass is 10.1. The van der Waals surface area contributed by atoms with Crippen LogP contribution in [-0.4, -0.2) is 23.2 Å². The number of nitrogens with zero attached hydrogens (tertiary/aromatic N) is 1. The Morgan fingerprint density at radius 1 is 1.45 bits per heavy atom. The van der Waals surface area contributed by atoms with Crippen molar-refractivity contribution < 1.29 is 14.6 Å². The largest absolute Gasteiger partial charge is 0.497 e. The molecule has 0 bridgehead atoms. The number of aromatic nitrogens is 1. The monoisotopic (exact) mass is 291 g/mol. The Morgan fingerprint density at radius 2 is 2.20 bits per heavy atom. The quantitative estimate of drug-likeness (QED) is 0.915. The molecule has 0 amide bonds. The van der Waals surface area contributed by atoms with Gasteiger partial charge in [-0.25, -0.2) is 4.98 Å². The van der Waals surface area contributed by atoms with Gasteiger partial charge in [0.25, 0.3) is 0 Å². The average molecular weight is 291 g/mol. The third kappa shape index (κ3) is 3.17. The summed E-state index contributed by atoms with van der Waals surface area (Å²) < 4.78 is 5.21. The number of thiazole rings is 1. The van der Waals surface area contributed by atoms with Gasteiger partial charge in [-0.05, 0) is 18.1 Å². The summed E-state index contributed by atoms with van der Waals surface area (Å²) in [5, 5.41) is 9.83.